The Morgan fingerprint density at radius 2 is 2.10 bits per heavy atom. The molecule has 0 aliphatic rings. The van der Waals surface area contributed by atoms with Gasteiger partial charge in [0, 0.05) is 13.6 Å². The summed E-state index contributed by atoms with van der Waals surface area (Å²) < 4.78 is 9.86. The first kappa shape index (κ1) is 16.2. The van der Waals surface area contributed by atoms with E-state index in [9.17, 15) is 9.59 Å². The van der Waals surface area contributed by atoms with E-state index in [0.29, 0.717) is 13.1 Å². The maximum atomic E-state index is 12.0. The third kappa shape index (κ3) is 5.05. The lowest BCUT2D eigenvalue weighted by atomic mass is 10.2. The van der Waals surface area contributed by atoms with Gasteiger partial charge in [0.15, 0.2) is 0 Å². The van der Waals surface area contributed by atoms with Gasteiger partial charge in [0.1, 0.15) is 5.76 Å². The third-order valence-corrected chi connectivity index (χ3v) is 2.99. The molecule has 0 saturated carbocycles. The van der Waals surface area contributed by atoms with Gasteiger partial charge in [0.2, 0.25) is 5.91 Å². The highest BCUT2D eigenvalue weighted by Crippen LogP contribution is 2.05. The highest BCUT2D eigenvalue weighted by molar-refractivity contribution is 5.78. The Balaban J connectivity index is 2.38. The zero-order chi connectivity index (χ0) is 15.1. The highest BCUT2D eigenvalue weighted by Gasteiger charge is 2.18. The number of carbonyl (C=O) groups excluding carboxylic acids is 2. The van der Waals surface area contributed by atoms with Crippen molar-refractivity contribution in [2.75, 3.05) is 34.3 Å². The van der Waals surface area contributed by atoms with Crippen molar-refractivity contribution in [1.82, 2.24) is 9.80 Å². The van der Waals surface area contributed by atoms with Gasteiger partial charge in [-0.15, -0.1) is 0 Å². The summed E-state index contributed by atoms with van der Waals surface area (Å²) in [5.41, 5.74) is 0. The number of likely N-dealkylation sites (N-methyl/N-ethyl adjacent to an activating group) is 2. The number of rotatable bonds is 7. The number of esters is 1. The first-order valence-corrected chi connectivity index (χ1v) is 6.46. The molecule has 6 nitrogen and oxygen atoms in total. The van der Waals surface area contributed by atoms with Crippen LogP contribution >= 0.6 is 0 Å². The summed E-state index contributed by atoms with van der Waals surface area (Å²) in [5, 5.41) is 0. The van der Waals surface area contributed by atoms with Crippen molar-refractivity contribution in [2.24, 2.45) is 5.92 Å². The molecule has 0 bridgehead atoms. The summed E-state index contributed by atoms with van der Waals surface area (Å²) in [7, 11) is 4.89. The summed E-state index contributed by atoms with van der Waals surface area (Å²) in [6.07, 6.45) is 1.58. The molecule has 20 heavy (non-hydrogen) atoms. The molecule has 0 aliphatic heterocycles. The minimum atomic E-state index is -0.270. The van der Waals surface area contributed by atoms with E-state index in [1.807, 2.05) is 11.0 Å². The molecule has 0 spiro atoms. The van der Waals surface area contributed by atoms with Gasteiger partial charge >= 0.3 is 5.97 Å². The molecule has 112 valence electrons. The number of carbonyl (C=O) groups is 2. The molecule has 0 fully saturated rings. The van der Waals surface area contributed by atoms with Crippen LogP contribution in [0.2, 0.25) is 0 Å². The lowest BCUT2D eigenvalue weighted by molar-refractivity contribution is -0.146. The van der Waals surface area contributed by atoms with Crippen molar-refractivity contribution in [3.63, 3.8) is 0 Å². The van der Waals surface area contributed by atoms with Gasteiger partial charge in [-0.25, -0.2) is 0 Å². The van der Waals surface area contributed by atoms with E-state index < -0.39 is 0 Å². The summed E-state index contributed by atoms with van der Waals surface area (Å²) in [6.45, 7) is 2.94. The zero-order valence-electron chi connectivity index (χ0n) is 12.5. The maximum absolute atomic E-state index is 12.0. The summed E-state index contributed by atoms with van der Waals surface area (Å²) in [6, 6.07) is 3.62. The van der Waals surface area contributed by atoms with Crippen LogP contribution in [0, 0.1) is 5.92 Å². The quantitative estimate of drug-likeness (QED) is 0.698. The fraction of sp³-hybridized carbons (Fsp3) is 0.571. The molecule has 1 aromatic heterocycles. The molecule has 0 aromatic carbocycles. The van der Waals surface area contributed by atoms with Crippen LogP contribution in [0.25, 0.3) is 0 Å². The fourth-order valence-corrected chi connectivity index (χ4v) is 1.88. The number of hydrogen-bond donors (Lipinski definition) is 0. The average molecular weight is 282 g/mol. The first-order valence-electron chi connectivity index (χ1n) is 6.46. The molecule has 1 atom stereocenters. The van der Waals surface area contributed by atoms with Crippen LogP contribution in [-0.2, 0) is 20.9 Å². The first-order chi connectivity index (χ1) is 9.43. The number of methoxy groups -OCH3 is 1. The van der Waals surface area contributed by atoms with E-state index in [1.165, 1.54) is 7.11 Å². The molecule has 0 aliphatic carbocycles. The van der Waals surface area contributed by atoms with Gasteiger partial charge in [-0.2, -0.15) is 0 Å². The zero-order valence-corrected chi connectivity index (χ0v) is 12.5. The van der Waals surface area contributed by atoms with Crippen molar-refractivity contribution >= 4 is 11.9 Å². The number of nitrogens with zero attached hydrogens (tertiary/aromatic N) is 2. The number of furan rings is 1. The van der Waals surface area contributed by atoms with E-state index >= 15 is 0 Å². The Hall–Kier alpha value is -1.82. The smallest absolute Gasteiger partial charge is 0.309 e. The number of amides is 1. The molecule has 1 amide bonds. The Kier molecular flexibility index (Phi) is 6.24. The van der Waals surface area contributed by atoms with Crippen LogP contribution in [-0.4, -0.2) is 56.0 Å². The second kappa shape index (κ2) is 7.69. The van der Waals surface area contributed by atoms with Crippen molar-refractivity contribution in [3.05, 3.63) is 24.2 Å². The lowest BCUT2D eigenvalue weighted by Crippen LogP contribution is -2.39. The average Bonchev–Trinajstić information content (AvgIpc) is 2.90. The van der Waals surface area contributed by atoms with Gasteiger partial charge in [-0.3, -0.25) is 14.5 Å². The van der Waals surface area contributed by atoms with Crippen LogP contribution in [0.1, 0.15) is 12.7 Å². The van der Waals surface area contributed by atoms with Gasteiger partial charge in [0.05, 0.1) is 32.4 Å². The normalized spacial score (nSPS) is 12.2. The van der Waals surface area contributed by atoms with E-state index in [4.69, 9.17) is 4.42 Å². The lowest BCUT2D eigenvalue weighted by Gasteiger charge is -2.22. The molecule has 0 saturated heterocycles. The third-order valence-electron chi connectivity index (χ3n) is 2.99. The maximum Gasteiger partial charge on any atom is 0.309 e. The van der Waals surface area contributed by atoms with Crippen LogP contribution < -0.4 is 0 Å². The van der Waals surface area contributed by atoms with Crippen LogP contribution in [0.3, 0.4) is 0 Å². The predicted molar refractivity (Wildman–Crippen MR) is 73.9 cm³/mol. The molecule has 0 radical (unpaired) electrons. The molecule has 1 aromatic rings. The van der Waals surface area contributed by atoms with Gasteiger partial charge in [-0.05, 0) is 19.2 Å². The number of hydrogen-bond acceptors (Lipinski definition) is 5. The largest absolute Gasteiger partial charge is 0.469 e. The second-order valence-electron chi connectivity index (χ2n) is 4.95. The molecular formula is C14H22N2O4. The molecule has 1 rings (SSSR count). The summed E-state index contributed by atoms with van der Waals surface area (Å²) in [4.78, 5) is 26.8. The van der Waals surface area contributed by atoms with Gasteiger partial charge < -0.3 is 14.1 Å². The van der Waals surface area contributed by atoms with Crippen molar-refractivity contribution in [2.45, 2.75) is 13.5 Å². The van der Waals surface area contributed by atoms with Crippen LogP contribution in [0.15, 0.2) is 22.8 Å². The predicted octanol–water partition coefficient (Wildman–Crippen LogP) is 0.979. The molecule has 1 heterocycles. The Morgan fingerprint density at radius 1 is 1.40 bits per heavy atom. The minimum absolute atomic E-state index is 0.0269. The van der Waals surface area contributed by atoms with Gasteiger partial charge in [-0.1, -0.05) is 6.92 Å². The summed E-state index contributed by atoms with van der Waals surface area (Å²) >= 11 is 0. The van der Waals surface area contributed by atoms with Crippen molar-refractivity contribution in [3.8, 4) is 0 Å². The van der Waals surface area contributed by atoms with Crippen molar-refractivity contribution < 1.29 is 18.7 Å². The van der Waals surface area contributed by atoms with Gasteiger partial charge in [0.25, 0.3) is 0 Å². The minimum Gasteiger partial charge on any atom is -0.469 e. The molecule has 0 N–H and O–H groups in total. The Labute approximate surface area is 119 Å². The molecular weight excluding hydrogens is 260 g/mol. The Bertz CT molecular complexity index is 430. The summed E-state index contributed by atoms with van der Waals surface area (Å²) in [5.74, 6) is 0.189. The van der Waals surface area contributed by atoms with Crippen molar-refractivity contribution in [1.29, 1.82) is 0 Å². The van der Waals surface area contributed by atoms with E-state index in [0.717, 1.165) is 5.76 Å². The Morgan fingerprint density at radius 3 is 2.65 bits per heavy atom. The highest BCUT2D eigenvalue weighted by atomic mass is 16.5. The standard InChI is InChI=1S/C14H22N2O4/c1-11(14(18)19-4)8-15(2)10-13(17)16(3)9-12-6-5-7-20-12/h5-7,11H,8-10H2,1-4H3. The second-order valence-corrected chi connectivity index (χ2v) is 4.95. The van der Waals surface area contributed by atoms with Crippen LogP contribution in [0.4, 0.5) is 0 Å². The topological polar surface area (TPSA) is 63.0 Å². The number of ether oxygens (including phenoxy) is 1. The van der Waals surface area contributed by atoms with E-state index in [-0.39, 0.29) is 24.3 Å². The molecule has 6 heteroatoms. The van der Waals surface area contributed by atoms with Crippen LogP contribution in [0.5, 0.6) is 0 Å². The monoisotopic (exact) mass is 282 g/mol. The van der Waals surface area contributed by atoms with E-state index in [1.54, 1.807) is 38.2 Å². The molecule has 1 unspecified atom stereocenters. The fourth-order valence-electron chi connectivity index (χ4n) is 1.88. The van der Waals surface area contributed by atoms with E-state index in [2.05, 4.69) is 4.74 Å². The SMILES string of the molecule is COC(=O)C(C)CN(C)CC(=O)N(C)Cc1ccco1.